The van der Waals surface area contributed by atoms with Gasteiger partial charge in [-0.25, -0.2) is 0 Å². The van der Waals surface area contributed by atoms with Gasteiger partial charge in [0.15, 0.2) is 0 Å². The monoisotopic (exact) mass is 296 g/mol. The Balaban J connectivity index is 0.00000128. The Hall–Kier alpha value is 0.200. The Morgan fingerprint density at radius 1 is 1.29 bits per heavy atom. The normalized spacial score (nSPS) is 18.0. The topological polar surface area (TPSA) is 15.3 Å². The zero-order valence-corrected chi connectivity index (χ0v) is 12.9. The van der Waals surface area contributed by atoms with Crippen LogP contribution >= 0.6 is 36.2 Å². The molecule has 0 radical (unpaired) electrons. The Labute approximate surface area is 121 Å². The van der Waals surface area contributed by atoms with Gasteiger partial charge in [0.1, 0.15) is 0 Å². The van der Waals surface area contributed by atoms with Gasteiger partial charge in [0.25, 0.3) is 0 Å². The van der Waals surface area contributed by atoms with Gasteiger partial charge < -0.3 is 5.32 Å². The van der Waals surface area contributed by atoms with E-state index in [0.29, 0.717) is 6.04 Å². The van der Waals surface area contributed by atoms with Gasteiger partial charge >= 0.3 is 0 Å². The standard InChI is InChI=1S/C12H20N2S.2ClH/c1-3-11(12-5-4-10(2)15-12)14-8-6-13-7-9-14;;/h4-5,11,13H,3,6-9H2,1-2H3;2*1H/t11-;;/m1../s1. The van der Waals surface area contributed by atoms with Crippen LogP contribution in [-0.4, -0.2) is 31.1 Å². The van der Waals surface area contributed by atoms with Crippen LogP contribution in [0.3, 0.4) is 0 Å². The maximum absolute atomic E-state index is 3.41. The van der Waals surface area contributed by atoms with Gasteiger partial charge in [-0.15, -0.1) is 36.2 Å². The third-order valence-electron chi connectivity index (χ3n) is 3.07. The lowest BCUT2D eigenvalue weighted by atomic mass is 10.1. The summed E-state index contributed by atoms with van der Waals surface area (Å²) in [5.41, 5.74) is 0. The van der Waals surface area contributed by atoms with Crippen LogP contribution in [0.4, 0.5) is 0 Å². The number of halogens is 2. The fourth-order valence-corrected chi connectivity index (χ4v) is 3.36. The van der Waals surface area contributed by atoms with Gasteiger partial charge in [0.2, 0.25) is 0 Å². The number of hydrogen-bond acceptors (Lipinski definition) is 3. The van der Waals surface area contributed by atoms with Crippen molar-refractivity contribution in [1.29, 1.82) is 0 Å². The summed E-state index contributed by atoms with van der Waals surface area (Å²) in [6, 6.07) is 5.19. The van der Waals surface area contributed by atoms with E-state index in [0.717, 1.165) is 13.1 Å². The summed E-state index contributed by atoms with van der Waals surface area (Å²) in [6.07, 6.45) is 1.22. The van der Waals surface area contributed by atoms with Gasteiger partial charge in [0, 0.05) is 42.0 Å². The molecule has 1 aliphatic heterocycles. The van der Waals surface area contributed by atoms with Crippen LogP contribution in [0, 0.1) is 6.92 Å². The summed E-state index contributed by atoms with van der Waals surface area (Å²) < 4.78 is 0. The lowest BCUT2D eigenvalue weighted by Gasteiger charge is -2.33. The van der Waals surface area contributed by atoms with Crippen molar-refractivity contribution >= 4 is 36.2 Å². The van der Waals surface area contributed by atoms with Crippen molar-refractivity contribution in [2.45, 2.75) is 26.3 Å². The van der Waals surface area contributed by atoms with Gasteiger partial charge in [-0.3, -0.25) is 4.90 Å². The zero-order valence-electron chi connectivity index (χ0n) is 10.4. The molecule has 100 valence electrons. The first-order valence-electron chi connectivity index (χ1n) is 5.82. The molecule has 0 saturated carbocycles. The highest BCUT2D eigenvalue weighted by molar-refractivity contribution is 7.12. The molecule has 1 saturated heterocycles. The number of nitrogens with one attached hydrogen (secondary N) is 1. The molecule has 1 N–H and O–H groups in total. The minimum absolute atomic E-state index is 0. The second kappa shape index (κ2) is 8.33. The summed E-state index contributed by atoms with van der Waals surface area (Å²) in [4.78, 5) is 5.58. The molecule has 0 unspecified atom stereocenters. The molecule has 1 aromatic rings. The molecule has 0 aromatic carbocycles. The summed E-state index contributed by atoms with van der Waals surface area (Å²) in [7, 11) is 0. The van der Waals surface area contributed by atoms with Crippen LogP contribution in [-0.2, 0) is 0 Å². The Morgan fingerprint density at radius 3 is 2.41 bits per heavy atom. The maximum Gasteiger partial charge on any atom is 0.0440 e. The molecule has 0 aliphatic carbocycles. The van der Waals surface area contributed by atoms with E-state index in [-0.39, 0.29) is 24.8 Å². The molecule has 0 bridgehead atoms. The number of hydrogen-bond donors (Lipinski definition) is 1. The van der Waals surface area contributed by atoms with Gasteiger partial charge in [-0.05, 0) is 25.5 Å². The molecular formula is C12H22Cl2N2S. The van der Waals surface area contributed by atoms with Crippen LogP contribution < -0.4 is 5.32 Å². The third-order valence-corrected chi connectivity index (χ3v) is 4.17. The zero-order chi connectivity index (χ0) is 10.7. The molecule has 0 amide bonds. The van der Waals surface area contributed by atoms with Crippen molar-refractivity contribution in [3.8, 4) is 0 Å². The predicted octanol–water partition coefficient (Wildman–Crippen LogP) is 3.26. The van der Waals surface area contributed by atoms with Gasteiger partial charge in [-0.2, -0.15) is 0 Å². The lowest BCUT2D eigenvalue weighted by molar-refractivity contribution is 0.172. The van der Waals surface area contributed by atoms with E-state index < -0.39 is 0 Å². The first-order chi connectivity index (χ1) is 7.31. The molecule has 2 heterocycles. The molecule has 2 rings (SSSR count). The first-order valence-corrected chi connectivity index (χ1v) is 6.64. The van der Waals surface area contributed by atoms with E-state index in [1.807, 2.05) is 11.3 Å². The number of aryl methyl sites for hydroxylation is 1. The van der Waals surface area contributed by atoms with Gasteiger partial charge in [-0.1, -0.05) is 6.92 Å². The van der Waals surface area contributed by atoms with Crippen molar-refractivity contribution in [1.82, 2.24) is 10.2 Å². The maximum atomic E-state index is 3.41. The molecule has 1 aromatic heterocycles. The fourth-order valence-electron chi connectivity index (χ4n) is 2.27. The second-order valence-electron chi connectivity index (χ2n) is 4.16. The minimum atomic E-state index is 0. The van der Waals surface area contributed by atoms with E-state index in [2.05, 4.69) is 36.2 Å². The second-order valence-corrected chi connectivity index (χ2v) is 5.48. The van der Waals surface area contributed by atoms with Crippen LogP contribution in [0.15, 0.2) is 12.1 Å². The van der Waals surface area contributed by atoms with Crippen LogP contribution in [0.2, 0.25) is 0 Å². The third kappa shape index (κ3) is 4.42. The lowest BCUT2D eigenvalue weighted by Crippen LogP contribution is -2.44. The summed E-state index contributed by atoms with van der Waals surface area (Å²) in [6.45, 7) is 9.15. The minimum Gasteiger partial charge on any atom is -0.314 e. The van der Waals surface area contributed by atoms with E-state index in [1.54, 1.807) is 0 Å². The highest BCUT2D eigenvalue weighted by Gasteiger charge is 2.21. The SMILES string of the molecule is CC[C@H](c1ccc(C)s1)N1CCNCC1.Cl.Cl. The van der Waals surface area contributed by atoms with Crippen molar-refractivity contribution < 1.29 is 0 Å². The van der Waals surface area contributed by atoms with Crippen molar-refractivity contribution in [2.24, 2.45) is 0 Å². The summed E-state index contributed by atoms with van der Waals surface area (Å²) in [5, 5.41) is 3.41. The van der Waals surface area contributed by atoms with E-state index >= 15 is 0 Å². The predicted molar refractivity (Wildman–Crippen MR) is 81.0 cm³/mol. The van der Waals surface area contributed by atoms with Crippen LogP contribution in [0.25, 0.3) is 0 Å². The summed E-state index contributed by atoms with van der Waals surface area (Å²) in [5.74, 6) is 0. The van der Waals surface area contributed by atoms with Gasteiger partial charge in [0.05, 0.1) is 0 Å². The Bertz CT molecular complexity index is 311. The average molecular weight is 297 g/mol. The molecule has 1 fully saturated rings. The summed E-state index contributed by atoms with van der Waals surface area (Å²) >= 11 is 1.95. The average Bonchev–Trinajstić information content (AvgIpc) is 2.68. The Kier molecular flexibility index (Phi) is 8.43. The molecule has 0 spiro atoms. The van der Waals surface area contributed by atoms with Crippen molar-refractivity contribution in [3.05, 3.63) is 21.9 Å². The number of thiophene rings is 1. The molecule has 5 heteroatoms. The first kappa shape index (κ1) is 17.2. The molecule has 17 heavy (non-hydrogen) atoms. The fraction of sp³-hybridized carbons (Fsp3) is 0.667. The molecule has 1 aliphatic rings. The number of piperazine rings is 1. The van der Waals surface area contributed by atoms with Crippen LogP contribution in [0.1, 0.15) is 29.1 Å². The molecular weight excluding hydrogens is 275 g/mol. The van der Waals surface area contributed by atoms with Crippen LogP contribution in [0.5, 0.6) is 0 Å². The van der Waals surface area contributed by atoms with Crippen molar-refractivity contribution in [2.75, 3.05) is 26.2 Å². The molecule has 2 nitrogen and oxygen atoms in total. The number of rotatable bonds is 3. The molecule has 1 atom stereocenters. The Morgan fingerprint density at radius 2 is 1.94 bits per heavy atom. The largest absolute Gasteiger partial charge is 0.314 e. The smallest absolute Gasteiger partial charge is 0.0440 e. The van der Waals surface area contributed by atoms with E-state index in [9.17, 15) is 0 Å². The number of nitrogens with zero attached hydrogens (tertiary/aromatic N) is 1. The van der Waals surface area contributed by atoms with E-state index in [1.165, 1.54) is 29.3 Å². The van der Waals surface area contributed by atoms with Crippen molar-refractivity contribution in [3.63, 3.8) is 0 Å². The van der Waals surface area contributed by atoms with E-state index in [4.69, 9.17) is 0 Å². The highest BCUT2D eigenvalue weighted by Crippen LogP contribution is 2.30. The quantitative estimate of drug-likeness (QED) is 0.921. The highest BCUT2D eigenvalue weighted by atomic mass is 35.5.